The topological polar surface area (TPSA) is 95.7 Å². The highest BCUT2D eigenvalue weighted by Gasteiger charge is 2.32. The van der Waals surface area contributed by atoms with E-state index in [9.17, 15) is 4.79 Å². The molecule has 2 atom stereocenters. The summed E-state index contributed by atoms with van der Waals surface area (Å²) < 4.78 is 10.5. The second-order valence-electron chi connectivity index (χ2n) is 6.25. The molecule has 2 aromatic carbocycles. The smallest absolute Gasteiger partial charge is 0.242 e. The van der Waals surface area contributed by atoms with Crippen molar-refractivity contribution in [3.05, 3.63) is 53.1 Å². The fourth-order valence-corrected chi connectivity index (χ4v) is 3.03. The van der Waals surface area contributed by atoms with Crippen LogP contribution in [0.5, 0.6) is 11.5 Å². The number of carbonyl (C=O) groups is 1. The number of amides is 1. The van der Waals surface area contributed by atoms with E-state index in [4.69, 9.17) is 21.1 Å². The highest BCUT2D eigenvalue weighted by atomic mass is 35.5. The Kier molecular flexibility index (Phi) is 6.94. The van der Waals surface area contributed by atoms with Gasteiger partial charge in [-0.05, 0) is 48.4 Å². The summed E-state index contributed by atoms with van der Waals surface area (Å²) >= 11 is 5.90. The Morgan fingerprint density at radius 3 is 2.54 bits per heavy atom. The quantitative estimate of drug-likeness (QED) is 0.453. The zero-order valence-corrected chi connectivity index (χ0v) is 16.5. The molecule has 3 rings (SSSR count). The fraction of sp³-hybridized carbons (Fsp3) is 0.316. The molecule has 2 aromatic rings. The van der Waals surface area contributed by atoms with Crippen LogP contribution < -0.4 is 36.5 Å². The molecule has 1 heterocycles. The second-order valence-corrected chi connectivity index (χ2v) is 6.69. The van der Waals surface area contributed by atoms with Crippen LogP contribution in [0, 0.1) is 0 Å². The van der Waals surface area contributed by atoms with E-state index in [0.29, 0.717) is 29.5 Å². The molecule has 0 bridgehead atoms. The van der Waals surface area contributed by atoms with Gasteiger partial charge in [0.25, 0.3) is 0 Å². The van der Waals surface area contributed by atoms with Gasteiger partial charge in [-0.15, -0.1) is 0 Å². The van der Waals surface area contributed by atoms with Crippen LogP contribution in [0.25, 0.3) is 0 Å². The molecule has 0 aromatic heterocycles. The second kappa shape index (κ2) is 9.61. The number of rotatable bonds is 8. The van der Waals surface area contributed by atoms with Crippen molar-refractivity contribution in [2.75, 3.05) is 26.1 Å². The number of nitrogens with one attached hydrogen (secondary N) is 5. The Labute approximate surface area is 168 Å². The van der Waals surface area contributed by atoms with Gasteiger partial charge in [-0.25, -0.2) is 10.9 Å². The van der Waals surface area contributed by atoms with Crippen molar-refractivity contribution in [2.24, 2.45) is 0 Å². The van der Waals surface area contributed by atoms with E-state index in [1.807, 2.05) is 30.3 Å². The first-order valence-electron chi connectivity index (χ1n) is 8.87. The molecule has 5 N–H and O–H groups in total. The molecule has 1 fully saturated rings. The molecule has 8 nitrogen and oxygen atoms in total. The summed E-state index contributed by atoms with van der Waals surface area (Å²) in [6.45, 7) is 0.500. The molecule has 9 heteroatoms. The van der Waals surface area contributed by atoms with Crippen LogP contribution in [0.4, 0.5) is 5.69 Å². The van der Waals surface area contributed by atoms with Gasteiger partial charge in [0.2, 0.25) is 5.91 Å². The predicted molar refractivity (Wildman–Crippen MR) is 108 cm³/mol. The highest BCUT2D eigenvalue weighted by Crippen LogP contribution is 2.27. The van der Waals surface area contributed by atoms with Gasteiger partial charge in [0.15, 0.2) is 11.5 Å². The van der Waals surface area contributed by atoms with Crippen LogP contribution in [0.1, 0.15) is 5.56 Å². The summed E-state index contributed by atoms with van der Waals surface area (Å²) in [4.78, 5) is 12.6. The zero-order valence-electron chi connectivity index (χ0n) is 15.7. The number of halogens is 1. The largest absolute Gasteiger partial charge is 0.493 e. The highest BCUT2D eigenvalue weighted by molar-refractivity contribution is 6.30. The van der Waals surface area contributed by atoms with E-state index in [0.717, 1.165) is 11.3 Å². The molecular weight excluding hydrogens is 382 g/mol. The normalized spacial score (nSPS) is 18.5. The van der Waals surface area contributed by atoms with Crippen LogP contribution in [-0.2, 0) is 11.2 Å². The van der Waals surface area contributed by atoms with Crippen molar-refractivity contribution in [3.63, 3.8) is 0 Å². The summed E-state index contributed by atoms with van der Waals surface area (Å²) in [6.07, 6.45) is 0.358. The lowest BCUT2D eigenvalue weighted by atomic mass is 10.1. The Bertz CT molecular complexity index is 803. The molecule has 0 saturated carbocycles. The van der Waals surface area contributed by atoms with Crippen molar-refractivity contribution in [1.29, 1.82) is 0 Å². The van der Waals surface area contributed by atoms with E-state index < -0.39 is 6.04 Å². The molecule has 1 aliphatic heterocycles. The number of hydrogen-bond donors (Lipinski definition) is 5. The molecule has 0 spiro atoms. The van der Waals surface area contributed by atoms with Gasteiger partial charge in [-0.2, -0.15) is 5.53 Å². The molecule has 0 radical (unpaired) electrons. The van der Waals surface area contributed by atoms with Crippen LogP contribution in [0.3, 0.4) is 0 Å². The maximum Gasteiger partial charge on any atom is 0.242 e. The van der Waals surface area contributed by atoms with Crippen molar-refractivity contribution in [3.8, 4) is 11.5 Å². The van der Waals surface area contributed by atoms with Crippen molar-refractivity contribution in [1.82, 2.24) is 21.7 Å². The van der Waals surface area contributed by atoms with E-state index in [1.165, 1.54) is 0 Å². The van der Waals surface area contributed by atoms with Gasteiger partial charge >= 0.3 is 0 Å². The summed E-state index contributed by atoms with van der Waals surface area (Å²) in [7, 11) is 3.20. The van der Waals surface area contributed by atoms with Crippen LogP contribution in [0.2, 0.25) is 5.02 Å². The summed E-state index contributed by atoms with van der Waals surface area (Å²) in [5, 5.41) is 6.86. The average Bonchev–Trinajstić information content (AvgIpc) is 3.17. The minimum Gasteiger partial charge on any atom is -0.493 e. The molecule has 1 amide bonds. The maximum atomic E-state index is 12.6. The van der Waals surface area contributed by atoms with Gasteiger partial charge in [-0.1, -0.05) is 17.7 Å². The van der Waals surface area contributed by atoms with Crippen LogP contribution >= 0.6 is 11.6 Å². The summed E-state index contributed by atoms with van der Waals surface area (Å²) in [6, 6.07) is 12.5. The van der Waals surface area contributed by atoms with E-state index in [-0.39, 0.29) is 12.1 Å². The number of hydrazine groups is 2. The fourth-order valence-electron chi connectivity index (χ4n) is 2.90. The first-order valence-corrected chi connectivity index (χ1v) is 9.25. The summed E-state index contributed by atoms with van der Waals surface area (Å²) in [5.41, 5.74) is 10.6. The SMILES string of the molecule is COc1ccc(CCNC(=O)C2NNNC2Nc2ccc(Cl)cc2)cc1OC. The third-order valence-electron chi connectivity index (χ3n) is 4.40. The third kappa shape index (κ3) is 5.05. The lowest BCUT2D eigenvalue weighted by Gasteiger charge is -2.20. The average molecular weight is 406 g/mol. The third-order valence-corrected chi connectivity index (χ3v) is 4.65. The monoisotopic (exact) mass is 405 g/mol. The molecule has 28 heavy (non-hydrogen) atoms. The minimum absolute atomic E-state index is 0.121. The van der Waals surface area contributed by atoms with Gasteiger partial charge in [0, 0.05) is 17.3 Å². The van der Waals surface area contributed by atoms with Crippen LogP contribution in [0.15, 0.2) is 42.5 Å². The first kappa shape index (κ1) is 20.2. The number of methoxy groups -OCH3 is 2. The van der Waals surface area contributed by atoms with Crippen molar-refractivity contribution < 1.29 is 14.3 Å². The molecule has 1 saturated heterocycles. The molecule has 0 aliphatic carbocycles. The van der Waals surface area contributed by atoms with E-state index in [2.05, 4.69) is 27.0 Å². The minimum atomic E-state index is -0.485. The lowest BCUT2D eigenvalue weighted by Crippen LogP contribution is -2.50. The van der Waals surface area contributed by atoms with Gasteiger partial charge in [0.05, 0.1) is 14.2 Å². The zero-order chi connectivity index (χ0) is 19.9. The number of hydrogen-bond acceptors (Lipinski definition) is 7. The first-order chi connectivity index (χ1) is 13.6. The maximum absolute atomic E-state index is 12.6. The molecular formula is C19H24ClN5O3. The Morgan fingerprint density at radius 1 is 1.07 bits per heavy atom. The lowest BCUT2D eigenvalue weighted by molar-refractivity contribution is -0.123. The standard InChI is InChI=1S/C19H24ClN5O3/c1-27-15-8-3-12(11-16(15)28-2)9-10-21-19(26)17-18(24-25-23-17)22-14-6-4-13(20)5-7-14/h3-8,11,17-18,22-25H,9-10H2,1-2H3,(H,21,26). The number of benzene rings is 2. The molecule has 1 aliphatic rings. The Hall–Kier alpha value is -2.52. The van der Waals surface area contributed by atoms with Gasteiger partial charge in [0.1, 0.15) is 12.2 Å². The van der Waals surface area contributed by atoms with E-state index in [1.54, 1.807) is 26.4 Å². The number of ether oxygens (including phenoxy) is 2. The van der Waals surface area contributed by atoms with Crippen LogP contribution in [-0.4, -0.2) is 38.9 Å². The number of anilines is 1. The molecule has 2 unspecified atom stereocenters. The number of carbonyl (C=O) groups excluding carboxylic acids is 1. The predicted octanol–water partition coefficient (Wildman–Crippen LogP) is 1.44. The van der Waals surface area contributed by atoms with Crippen molar-refractivity contribution in [2.45, 2.75) is 18.6 Å². The van der Waals surface area contributed by atoms with Gasteiger partial charge < -0.3 is 20.1 Å². The molecule has 150 valence electrons. The Morgan fingerprint density at radius 2 is 1.82 bits per heavy atom. The Balaban J connectivity index is 1.51. The van der Waals surface area contributed by atoms with E-state index >= 15 is 0 Å². The van der Waals surface area contributed by atoms with Crippen molar-refractivity contribution >= 4 is 23.2 Å². The van der Waals surface area contributed by atoms with Gasteiger partial charge in [-0.3, -0.25) is 4.79 Å². The summed E-state index contributed by atoms with van der Waals surface area (Å²) in [5.74, 6) is 1.23.